The average molecular weight is 568 g/mol. The van der Waals surface area contributed by atoms with E-state index >= 15 is 0 Å². The Bertz CT molecular complexity index is 2450. The molecule has 0 spiro atoms. The second-order valence-electron chi connectivity index (χ2n) is 10.9. The van der Waals surface area contributed by atoms with E-state index in [1.807, 2.05) is 23.5 Å². The van der Waals surface area contributed by atoms with E-state index in [1.54, 1.807) is 0 Å². The lowest BCUT2D eigenvalue weighted by Crippen LogP contribution is -2.10. The Morgan fingerprint density at radius 2 is 1.19 bits per heavy atom. The summed E-state index contributed by atoms with van der Waals surface area (Å²) in [6, 6.07) is 54.2. The summed E-state index contributed by atoms with van der Waals surface area (Å²) in [5.41, 5.74) is 7.49. The van der Waals surface area contributed by atoms with E-state index in [1.165, 1.54) is 36.6 Å². The van der Waals surface area contributed by atoms with Gasteiger partial charge in [0.1, 0.15) is 11.2 Å². The van der Waals surface area contributed by atoms with Crippen molar-refractivity contribution >= 4 is 81.3 Å². The molecule has 0 amide bonds. The van der Waals surface area contributed by atoms with Gasteiger partial charge in [-0.05, 0) is 70.9 Å². The molecule has 0 bridgehead atoms. The number of para-hydroxylation sites is 3. The number of thiophene rings is 1. The molecule has 0 saturated carbocycles. The summed E-state index contributed by atoms with van der Waals surface area (Å²) in [6.45, 7) is 0. The highest BCUT2D eigenvalue weighted by molar-refractivity contribution is 7.26. The molecular formula is C40H25NOS. The van der Waals surface area contributed by atoms with Crippen molar-refractivity contribution in [3.8, 4) is 11.1 Å². The van der Waals surface area contributed by atoms with Crippen LogP contribution in [0.2, 0.25) is 0 Å². The van der Waals surface area contributed by atoms with E-state index in [4.69, 9.17) is 4.42 Å². The molecule has 3 heteroatoms. The second-order valence-corrected chi connectivity index (χ2v) is 12.0. The number of furan rings is 1. The van der Waals surface area contributed by atoms with Gasteiger partial charge >= 0.3 is 0 Å². The molecule has 0 fully saturated rings. The number of hydrogen-bond acceptors (Lipinski definition) is 3. The number of nitrogens with zero attached hydrogens (tertiary/aromatic N) is 1. The molecule has 7 aromatic carbocycles. The summed E-state index contributed by atoms with van der Waals surface area (Å²) in [6.07, 6.45) is 0. The van der Waals surface area contributed by atoms with Gasteiger partial charge in [-0.25, -0.2) is 0 Å². The second kappa shape index (κ2) is 9.59. The van der Waals surface area contributed by atoms with Gasteiger partial charge < -0.3 is 9.32 Å². The lowest BCUT2D eigenvalue weighted by Gasteiger charge is -2.26. The van der Waals surface area contributed by atoms with Gasteiger partial charge in [0.2, 0.25) is 0 Å². The first-order valence-corrected chi connectivity index (χ1v) is 15.3. The molecule has 43 heavy (non-hydrogen) atoms. The zero-order chi connectivity index (χ0) is 28.3. The quantitative estimate of drug-likeness (QED) is 0.210. The summed E-state index contributed by atoms with van der Waals surface area (Å²) < 4.78 is 8.95. The first-order valence-electron chi connectivity index (χ1n) is 14.5. The minimum absolute atomic E-state index is 0.917. The van der Waals surface area contributed by atoms with Crippen molar-refractivity contribution in [3.63, 3.8) is 0 Å². The number of anilines is 3. The molecular weight excluding hydrogens is 543 g/mol. The minimum Gasteiger partial charge on any atom is -0.455 e. The molecule has 0 aliphatic rings. The Balaban J connectivity index is 1.23. The Morgan fingerprint density at radius 3 is 2.05 bits per heavy atom. The highest BCUT2D eigenvalue weighted by atomic mass is 32.1. The smallest absolute Gasteiger partial charge is 0.143 e. The number of fused-ring (bicyclic) bond motifs is 7. The van der Waals surface area contributed by atoms with E-state index in [-0.39, 0.29) is 0 Å². The van der Waals surface area contributed by atoms with Crippen LogP contribution in [-0.4, -0.2) is 0 Å². The van der Waals surface area contributed by atoms with Gasteiger partial charge in [0.05, 0.1) is 5.69 Å². The average Bonchev–Trinajstić information content (AvgIpc) is 3.63. The molecule has 0 atom stereocenters. The first-order chi connectivity index (χ1) is 21.3. The summed E-state index contributed by atoms with van der Waals surface area (Å²) >= 11 is 1.86. The third kappa shape index (κ3) is 3.86. The third-order valence-corrected chi connectivity index (χ3v) is 9.56. The van der Waals surface area contributed by atoms with Gasteiger partial charge in [-0.2, -0.15) is 0 Å². The lowest BCUT2D eigenvalue weighted by molar-refractivity contribution is 0.670. The van der Waals surface area contributed by atoms with Gasteiger partial charge in [0.25, 0.3) is 0 Å². The van der Waals surface area contributed by atoms with Gasteiger partial charge in [0.15, 0.2) is 0 Å². The summed E-state index contributed by atoms with van der Waals surface area (Å²) in [7, 11) is 0. The van der Waals surface area contributed by atoms with E-state index in [0.29, 0.717) is 0 Å². The summed E-state index contributed by atoms with van der Waals surface area (Å²) in [5.74, 6) is 0. The lowest BCUT2D eigenvalue weighted by atomic mass is 10.0. The van der Waals surface area contributed by atoms with Crippen molar-refractivity contribution in [2.45, 2.75) is 0 Å². The van der Waals surface area contributed by atoms with Crippen LogP contribution in [-0.2, 0) is 0 Å². The zero-order valence-electron chi connectivity index (χ0n) is 23.2. The molecule has 202 valence electrons. The van der Waals surface area contributed by atoms with E-state index in [9.17, 15) is 0 Å². The highest BCUT2D eigenvalue weighted by Gasteiger charge is 2.19. The predicted molar refractivity (Wildman–Crippen MR) is 184 cm³/mol. The topological polar surface area (TPSA) is 16.4 Å². The fourth-order valence-corrected chi connectivity index (χ4v) is 7.61. The van der Waals surface area contributed by atoms with Crippen LogP contribution in [0.5, 0.6) is 0 Å². The molecule has 9 aromatic rings. The van der Waals surface area contributed by atoms with E-state index in [0.717, 1.165) is 44.4 Å². The molecule has 0 aliphatic heterocycles. The van der Waals surface area contributed by atoms with Crippen LogP contribution in [0.4, 0.5) is 17.1 Å². The SMILES string of the molecule is c1ccc(N(c2ccc(-c3cccc4c3oc3ccccc34)cc2)c2cccc3sc4cc5ccccc5cc4c23)cc1. The highest BCUT2D eigenvalue weighted by Crippen LogP contribution is 2.46. The monoisotopic (exact) mass is 567 g/mol. The van der Waals surface area contributed by atoms with Crippen LogP contribution in [0.3, 0.4) is 0 Å². The van der Waals surface area contributed by atoms with Crippen molar-refractivity contribution in [2.24, 2.45) is 0 Å². The summed E-state index contributed by atoms with van der Waals surface area (Å²) in [4.78, 5) is 2.38. The van der Waals surface area contributed by atoms with Crippen LogP contribution in [0, 0.1) is 0 Å². The maximum atomic E-state index is 6.36. The maximum Gasteiger partial charge on any atom is 0.143 e. The number of benzene rings is 7. The molecule has 0 radical (unpaired) electrons. The van der Waals surface area contributed by atoms with E-state index in [2.05, 4.69) is 144 Å². The first kappa shape index (κ1) is 24.2. The van der Waals surface area contributed by atoms with Crippen molar-refractivity contribution in [1.29, 1.82) is 0 Å². The molecule has 2 heterocycles. The van der Waals surface area contributed by atoms with E-state index < -0.39 is 0 Å². The van der Waals surface area contributed by atoms with Crippen molar-refractivity contribution in [1.82, 2.24) is 0 Å². The zero-order valence-corrected chi connectivity index (χ0v) is 24.0. The molecule has 2 aromatic heterocycles. The van der Waals surface area contributed by atoms with Crippen LogP contribution in [0.1, 0.15) is 0 Å². The minimum atomic E-state index is 0.917. The van der Waals surface area contributed by atoms with Crippen LogP contribution >= 0.6 is 11.3 Å². The fourth-order valence-electron chi connectivity index (χ4n) is 6.45. The van der Waals surface area contributed by atoms with Crippen molar-refractivity contribution in [2.75, 3.05) is 4.90 Å². The van der Waals surface area contributed by atoms with Crippen LogP contribution in [0.25, 0.3) is 64.0 Å². The van der Waals surface area contributed by atoms with Crippen LogP contribution in [0.15, 0.2) is 156 Å². The predicted octanol–water partition coefficient (Wildman–Crippen LogP) is 12.2. The van der Waals surface area contributed by atoms with Gasteiger partial charge in [0, 0.05) is 47.9 Å². The molecule has 0 unspecified atom stereocenters. The third-order valence-electron chi connectivity index (χ3n) is 8.44. The van der Waals surface area contributed by atoms with Crippen molar-refractivity contribution < 1.29 is 4.42 Å². The Morgan fingerprint density at radius 1 is 0.488 bits per heavy atom. The maximum absolute atomic E-state index is 6.36. The van der Waals surface area contributed by atoms with Gasteiger partial charge in [-0.15, -0.1) is 11.3 Å². The standard InChI is InChI=1S/C40H25NOS/c1-2-12-29(13-3-1)41(35-17-9-19-37-39(35)34-24-27-10-4-5-11-28(27)25-38(34)43-37)30-22-20-26(21-23-30)31-15-8-16-33-32-14-6-7-18-36(32)42-40(31)33/h1-25H. The Hall–Kier alpha value is -5.38. The molecule has 0 saturated heterocycles. The fraction of sp³-hybridized carbons (Fsp3) is 0. The summed E-state index contributed by atoms with van der Waals surface area (Å²) in [5, 5.41) is 7.41. The molecule has 0 N–H and O–H groups in total. The van der Waals surface area contributed by atoms with Crippen LogP contribution < -0.4 is 4.90 Å². The molecule has 0 aliphatic carbocycles. The molecule has 9 rings (SSSR count). The Labute approximate surface area is 252 Å². The Kier molecular flexibility index (Phi) is 5.40. The van der Waals surface area contributed by atoms with Gasteiger partial charge in [-0.3, -0.25) is 0 Å². The van der Waals surface area contributed by atoms with Gasteiger partial charge in [-0.1, -0.05) is 97.1 Å². The van der Waals surface area contributed by atoms with Crippen molar-refractivity contribution in [3.05, 3.63) is 152 Å². The number of hydrogen-bond donors (Lipinski definition) is 0. The largest absolute Gasteiger partial charge is 0.455 e. The normalized spacial score (nSPS) is 11.7. The number of rotatable bonds is 4. The molecule has 2 nitrogen and oxygen atoms in total.